The summed E-state index contributed by atoms with van der Waals surface area (Å²) in [5.74, 6) is -0.146. The lowest BCUT2D eigenvalue weighted by Crippen LogP contribution is -2.29. The molecular formula is C13H17N3O2S. The van der Waals surface area contributed by atoms with Crippen LogP contribution in [0.3, 0.4) is 0 Å². The Morgan fingerprint density at radius 3 is 2.79 bits per heavy atom. The first kappa shape index (κ1) is 13.7. The summed E-state index contributed by atoms with van der Waals surface area (Å²) < 4.78 is 0. The van der Waals surface area contributed by atoms with Gasteiger partial charge in [-0.3, -0.25) is 9.59 Å². The third kappa shape index (κ3) is 3.89. The number of thiophene rings is 1. The Labute approximate surface area is 116 Å². The van der Waals surface area contributed by atoms with E-state index in [9.17, 15) is 9.59 Å². The predicted molar refractivity (Wildman–Crippen MR) is 75.3 cm³/mol. The van der Waals surface area contributed by atoms with Crippen molar-refractivity contribution in [3.05, 3.63) is 22.4 Å². The minimum atomic E-state index is -0.233. The molecule has 1 aromatic heterocycles. The average Bonchev–Trinajstić information content (AvgIpc) is 3.07. The number of hydrogen-bond donors (Lipinski definition) is 1. The van der Waals surface area contributed by atoms with Crippen LogP contribution in [0.1, 0.15) is 35.9 Å². The summed E-state index contributed by atoms with van der Waals surface area (Å²) in [6, 6.07) is 3.55. The summed E-state index contributed by atoms with van der Waals surface area (Å²) in [6.07, 6.45) is 2.43. The van der Waals surface area contributed by atoms with Gasteiger partial charge in [-0.05, 0) is 31.2 Å². The normalized spacial score (nSPS) is 15.6. The van der Waals surface area contributed by atoms with Gasteiger partial charge in [-0.2, -0.15) is 5.10 Å². The molecule has 2 rings (SSSR count). The van der Waals surface area contributed by atoms with E-state index in [1.807, 2.05) is 16.3 Å². The lowest BCUT2D eigenvalue weighted by Gasteiger charge is -2.14. The molecule has 0 saturated carbocycles. The molecule has 0 atom stereocenters. The minimum Gasteiger partial charge on any atom is -0.342 e. The highest BCUT2D eigenvalue weighted by atomic mass is 32.1. The molecule has 19 heavy (non-hydrogen) atoms. The van der Waals surface area contributed by atoms with E-state index in [0.29, 0.717) is 10.6 Å². The van der Waals surface area contributed by atoms with Gasteiger partial charge in [-0.25, -0.2) is 5.43 Å². The molecule has 0 spiro atoms. The lowest BCUT2D eigenvalue weighted by molar-refractivity contribution is -0.128. The highest BCUT2D eigenvalue weighted by Gasteiger charge is 2.18. The highest BCUT2D eigenvalue weighted by Crippen LogP contribution is 2.09. The number of hydrazone groups is 1. The van der Waals surface area contributed by atoms with Crippen molar-refractivity contribution >= 4 is 28.9 Å². The number of likely N-dealkylation sites (tertiary alicyclic amines) is 1. The van der Waals surface area contributed by atoms with Crippen molar-refractivity contribution in [3.63, 3.8) is 0 Å². The first-order valence-electron chi connectivity index (χ1n) is 6.31. The third-order valence-corrected chi connectivity index (χ3v) is 3.83. The Balaban J connectivity index is 1.82. The number of rotatable bonds is 4. The summed E-state index contributed by atoms with van der Waals surface area (Å²) >= 11 is 1.36. The third-order valence-electron chi connectivity index (χ3n) is 2.96. The number of amides is 2. The van der Waals surface area contributed by atoms with Crippen LogP contribution in [0.25, 0.3) is 0 Å². The number of nitrogens with one attached hydrogen (secondary N) is 1. The fourth-order valence-electron chi connectivity index (χ4n) is 1.95. The molecule has 1 aliphatic rings. The standard InChI is InChI=1S/C13H17N3O2S/c1-10(9-12(17)16-6-2-3-7-16)14-15-13(18)11-5-4-8-19-11/h4-5,8H,2-3,6-7,9H2,1H3,(H,15,18)/b14-10+. The zero-order valence-corrected chi connectivity index (χ0v) is 11.7. The second kappa shape index (κ2) is 6.47. The monoisotopic (exact) mass is 279 g/mol. The van der Waals surface area contributed by atoms with Gasteiger partial charge in [0.15, 0.2) is 0 Å². The zero-order valence-electron chi connectivity index (χ0n) is 10.9. The molecule has 1 aliphatic heterocycles. The summed E-state index contributed by atoms with van der Waals surface area (Å²) in [7, 11) is 0. The largest absolute Gasteiger partial charge is 0.342 e. The van der Waals surface area contributed by atoms with E-state index in [4.69, 9.17) is 0 Å². The second-order valence-corrected chi connectivity index (χ2v) is 5.48. The van der Waals surface area contributed by atoms with Gasteiger partial charge in [0.25, 0.3) is 5.91 Å². The van der Waals surface area contributed by atoms with Crippen LogP contribution >= 0.6 is 11.3 Å². The Hall–Kier alpha value is -1.69. The van der Waals surface area contributed by atoms with Gasteiger partial charge < -0.3 is 4.90 Å². The molecule has 5 nitrogen and oxygen atoms in total. The molecule has 102 valence electrons. The molecule has 1 aromatic rings. The maximum absolute atomic E-state index is 11.9. The lowest BCUT2D eigenvalue weighted by atomic mass is 10.3. The van der Waals surface area contributed by atoms with Crippen molar-refractivity contribution in [1.82, 2.24) is 10.3 Å². The average molecular weight is 279 g/mol. The molecule has 0 unspecified atom stereocenters. The van der Waals surface area contributed by atoms with E-state index in [-0.39, 0.29) is 18.2 Å². The summed E-state index contributed by atoms with van der Waals surface area (Å²) in [5, 5.41) is 5.80. The molecule has 0 aliphatic carbocycles. The van der Waals surface area contributed by atoms with E-state index in [1.54, 1.807) is 13.0 Å². The van der Waals surface area contributed by atoms with Gasteiger partial charge in [0, 0.05) is 18.8 Å². The van der Waals surface area contributed by atoms with E-state index in [2.05, 4.69) is 10.5 Å². The first-order valence-corrected chi connectivity index (χ1v) is 7.19. The van der Waals surface area contributed by atoms with Crippen LogP contribution in [-0.2, 0) is 4.79 Å². The Morgan fingerprint density at radius 2 is 2.16 bits per heavy atom. The molecule has 6 heteroatoms. The van der Waals surface area contributed by atoms with E-state index in [1.165, 1.54) is 11.3 Å². The van der Waals surface area contributed by atoms with Crippen LogP contribution in [0.2, 0.25) is 0 Å². The second-order valence-electron chi connectivity index (χ2n) is 4.53. The summed E-state index contributed by atoms with van der Waals surface area (Å²) in [6.45, 7) is 3.43. The van der Waals surface area contributed by atoms with E-state index < -0.39 is 0 Å². The number of carbonyl (C=O) groups excluding carboxylic acids is 2. The fraction of sp³-hybridized carbons (Fsp3) is 0.462. The maximum Gasteiger partial charge on any atom is 0.281 e. The SMILES string of the molecule is C/C(CC(=O)N1CCCC1)=N\NC(=O)c1cccs1. The van der Waals surface area contributed by atoms with Crippen molar-refractivity contribution in [2.45, 2.75) is 26.2 Å². The van der Waals surface area contributed by atoms with Gasteiger partial charge in [0.2, 0.25) is 5.91 Å². The van der Waals surface area contributed by atoms with Crippen LogP contribution in [0.15, 0.2) is 22.6 Å². The Bertz CT molecular complexity index is 476. The Morgan fingerprint density at radius 1 is 1.42 bits per heavy atom. The van der Waals surface area contributed by atoms with Gasteiger partial charge in [0.05, 0.1) is 11.3 Å². The van der Waals surface area contributed by atoms with Crippen molar-refractivity contribution in [2.75, 3.05) is 13.1 Å². The maximum atomic E-state index is 11.9. The number of nitrogens with zero attached hydrogens (tertiary/aromatic N) is 2. The van der Waals surface area contributed by atoms with Gasteiger partial charge in [-0.1, -0.05) is 6.07 Å². The number of hydrogen-bond acceptors (Lipinski definition) is 4. The smallest absolute Gasteiger partial charge is 0.281 e. The van der Waals surface area contributed by atoms with Gasteiger partial charge >= 0.3 is 0 Å². The van der Waals surface area contributed by atoms with Crippen LogP contribution in [0, 0.1) is 0 Å². The summed E-state index contributed by atoms with van der Waals surface area (Å²) in [4.78, 5) is 26.0. The quantitative estimate of drug-likeness (QED) is 0.675. The molecule has 1 saturated heterocycles. The minimum absolute atomic E-state index is 0.0872. The van der Waals surface area contributed by atoms with E-state index in [0.717, 1.165) is 25.9 Å². The topological polar surface area (TPSA) is 61.8 Å². The van der Waals surface area contributed by atoms with Crippen LogP contribution in [-0.4, -0.2) is 35.5 Å². The van der Waals surface area contributed by atoms with Crippen LogP contribution in [0.5, 0.6) is 0 Å². The highest BCUT2D eigenvalue weighted by molar-refractivity contribution is 7.12. The molecule has 2 heterocycles. The van der Waals surface area contributed by atoms with Crippen LogP contribution in [0.4, 0.5) is 0 Å². The van der Waals surface area contributed by atoms with Gasteiger partial charge in [-0.15, -0.1) is 11.3 Å². The molecule has 0 bridgehead atoms. The van der Waals surface area contributed by atoms with Crippen molar-refractivity contribution in [2.24, 2.45) is 5.10 Å². The molecule has 1 fully saturated rings. The van der Waals surface area contributed by atoms with Crippen LogP contribution < -0.4 is 5.43 Å². The van der Waals surface area contributed by atoms with Gasteiger partial charge in [0.1, 0.15) is 0 Å². The molecule has 2 amide bonds. The van der Waals surface area contributed by atoms with E-state index >= 15 is 0 Å². The van der Waals surface area contributed by atoms with Crippen molar-refractivity contribution in [1.29, 1.82) is 0 Å². The number of carbonyl (C=O) groups is 2. The zero-order chi connectivity index (χ0) is 13.7. The van der Waals surface area contributed by atoms with Crippen molar-refractivity contribution in [3.8, 4) is 0 Å². The Kier molecular flexibility index (Phi) is 4.68. The molecule has 0 aromatic carbocycles. The van der Waals surface area contributed by atoms with Crippen molar-refractivity contribution < 1.29 is 9.59 Å². The summed E-state index contributed by atoms with van der Waals surface area (Å²) in [5.41, 5.74) is 3.10. The molecular weight excluding hydrogens is 262 g/mol. The predicted octanol–water partition coefficient (Wildman–Crippen LogP) is 1.87. The fourth-order valence-corrected chi connectivity index (χ4v) is 2.56. The molecule has 0 radical (unpaired) electrons. The molecule has 1 N–H and O–H groups in total. The first-order chi connectivity index (χ1) is 9.16.